The number of halogens is 4. The van der Waals surface area contributed by atoms with E-state index in [1.165, 1.54) is 24.0 Å². The first-order chi connectivity index (χ1) is 21.8. The second-order valence-corrected chi connectivity index (χ2v) is 12.7. The number of nitrogens with one attached hydrogen (secondary N) is 2. The zero-order valence-corrected chi connectivity index (χ0v) is 27.0. The molecule has 2 aromatic rings. The molecule has 252 valence electrons. The number of carboxylic acid groups (broad SMARTS) is 1. The van der Waals surface area contributed by atoms with Crippen LogP contribution in [-0.2, 0) is 27.3 Å². The van der Waals surface area contributed by atoms with Gasteiger partial charge in [-0.1, -0.05) is 54.9 Å². The van der Waals surface area contributed by atoms with Gasteiger partial charge in [0.15, 0.2) is 0 Å². The van der Waals surface area contributed by atoms with Crippen LogP contribution in [0.4, 0.5) is 13.2 Å². The summed E-state index contributed by atoms with van der Waals surface area (Å²) in [5, 5.41) is 14.3. The summed E-state index contributed by atoms with van der Waals surface area (Å²) < 4.78 is 31.7. The third kappa shape index (κ3) is 9.21. The van der Waals surface area contributed by atoms with E-state index in [4.69, 9.17) is 21.5 Å². The summed E-state index contributed by atoms with van der Waals surface area (Å²) in [6.07, 6.45) is -0.823. The molecule has 2 saturated heterocycles. The largest absolute Gasteiger partial charge is 0.490 e. The van der Waals surface area contributed by atoms with E-state index < -0.39 is 18.2 Å². The summed E-state index contributed by atoms with van der Waals surface area (Å²) in [6.45, 7) is 8.48. The lowest BCUT2D eigenvalue weighted by molar-refractivity contribution is -0.192. The molecule has 5 rings (SSSR count). The number of aliphatic carboxylic acids is 1. The number of carbonyl (C=O) groups is 3. The molecule has 0 aliphatic carbocycles. The van der Waals surface area contributed by atoms with Crippen molar-refractivity contribution in [2.45, 2.75) is 69.4 Å². The van der Waals surface area contributed by atoms with Crippen LogP contribution >= 0.6 is 11.6 Å². The second-order valence-electron chi connectivity index (χ2n) is 12.3. The van der Waals surface area contributed by atoms with Crippen LogP contribution in [0.15, 0.2) is 48.5 Å². The van der Waals surface area contributed by atoms with Crippen LogP contribution < -0.4 is 10.6 Å². The fourth-order valence-corrected chi connectivity index (χ4v) is 6.73. The average Bonchev–Trinajstić information content (AvgIpc) is 3.44. The van der Waals surface area contributed by atoms with Crippen LogP contribution in [0.3, 0.4) is 0 Å². The van der Waals surface area contributed by atoms with Crippen molar-refractivity contribution < 1.29 is 32.7 Å². The molecule has 3 heterocycles. The number of nitrogens with zero attached hydrogens (tertiary/aromatic N) is 3. The Morgan fingerprint density at radius 3 is 2.22 bits per heavy atom. The van der Waals surface area contributed by atoms with E-state index in [-0.39, 0.29) is 23.4 Å². The summed E-state index contributed by atoms with van der Waals surface area (Å²) in [5.41, 5.74) is 3.63. The molecule has 0 bridgehead atoms. The number of benzene rings is 2. The zero-order valence-electron chi connectivity index (χ0n) is 26.3. The third-order valence-electron chi connectivity index (χ3n) is 9.43. The summed E-state index contributed by atoms with van der Waals surface area (Å²) in [7, 11) is 2.20. The molecule has 2 fully saturated rings. The Bertz CT molecular complexity index is 1340. The number of amides is 2. The lowest BCUT2D eigenvalue weighted by atomic mass is 9.83. The van der Waals surface area contributed by atoms with E-state index in [0.717, 1.165) is 44.7 Å². The number of carboxylic acids is 1. The van der Waals surface area contributed by atoms with Crippen LogP contribution in [-0.4, -0.2) is 102 Å². The molecule has 3 aliphatic heterocycles. The number of hydrogen-bond acceptors (Lipinski definition) is 6. The number of carbonyl (C=O) groups excluding carboxylic acids is 2. The molecule has 0 spiro atoms. The number of piperazine rings is 1. The van der Waals surface area contributed by atoms with Crippen molar-refractivity contribution in [3.63, 3.8) is 0 Å². The standard InChI is InChI=1S/C31H42ClN5O2.C2HF3O2/c1-3-31(12-14-35(2)15-13-31)37-18-16-36(17-19-37)30(39)28(20-23-8-10-25(32)11-9-23)34-29(38)21-27-26-7-5-4-6-24(26)22-33-27;3-2(4,5)1(6)7/h4-11,27-28,33H,3,12-22H2,1-2H3,(H,34,38);(H,6,7)/t27?,28-;/m1./s1. The Balaban J connectivity index is 0.000000617. The Kier molecular flexibility index (Phi) is 12.1. The minimum atomic E-state index is -5.08. The lowest BCUT2D eigenvalue weighted by Gasteiger charge is -2.51. The Hall–Kier alpha value is -3.19. The summed E-state index contributed by atoms with van der Waals surface area (Å²) >= 11 is 6.10. The highest BCUT2D eigenvalue weighted by Crippen LogP contribution is 2.33. The van der Waals surface area contributed by atoms with Crippen molar-refractivity contribution >= 4 is 29.4 Å². The van der Waals surface area contributed by atoms with Gasteiger partial charge >= 0.3 is 12.1 Å². The van der Waals surface area contributed by atoms with Crippen LogP contribution in [0.1, 0.15) is 55.3 Å². The highest BCUT2D eigenvalue weighted by molar-refractivity contribution is 6.30. The van der Waals surface area contributed by atoms with Gasteiger partial charge in [0.05, 0.1) is 0 Å². The number of alkyl halides is 3. The summed E-state index contributed by atoms with van der Waals surface area (Å²) in [5.74, 6) is -2.86. The quantitative estimate of drug-likeness (QED) is 0.387. The Morgan fingerprint density at radius 1 is 1.02 bits per heavy atom. The van der Waals surface area contributed by atoms with Gasteiger partial charge in [-0.15, -0.1) is 0 Å². The van der Waals surface area contributed by atoms with Gasteiger partial charge in [-0.25, -0.2) is 4.79 Å². The van der Waals surface area contributed by atoms with Gasteiger partial charge in [-0.3, -0.25) is 14.5 Å². The predicted octanol–water partition coefficient (Wildman–Crippen LogP) is 4.25. The van der Waals surface area contributed by atoms with Crippen molar-refractivity contribution in [2.75, 3.05) is 46.3 Å². The van der Waals surface area contributed by atoms with E-state index >= 15 is 0 Å². The first-order valence-corrected chi connectivity index (χ1v) is 16.1. The van der Waals surface area contributed by atoms with Gasteiger partial charge in [0, 0.05) is 62.2 Å². The highest BCUT2D eigenvalue weighted by atomic mass is 35.5. The molecule has 0 aromatic heterocycles. The van der Waals surface area contributed by atoms with E-state index in [0.29, 0.717) is 31.0 Å². The fourth-order valence-electron chi connectivity index (χ4n) is 6.60. The molecule has 46 heavy (non-hydrogen) atoms. The summed E-state index contributed by atoms with van der Waals surface area (Å²) in [6, 6.07) is 15.1. The number of hydrogen-bond donors (Lipinski definition) is 3. The van der Waals surface area contributed by atoms with Crippen LogP contribution in [0.2, 0.25) is 5.02 Å². The molecule has 9 nitrogen and oxygen atoms in total. The number of rotatable bonds is 8. The normalized spacial score (nSPS) is 20.7. The van der Waals surface area contributed by atoms with Crippen molar-refractivity contribution in [3.8, 4) is 0 Å². The maximum atomic E-state index is 13.9. The minimum absolute atomic E-state index is 0.00616. The monoisotopic (exact) mass is 665 g/mol. The molecule has 0 saturated carbocycles. The van der Waals surface area contributed by atoms with Gasteiger partial charge in [-0.2, -0.15) is 13.2 Å². The third-order valence-corrected chi connectivity index (χ3v) is 9.68. The molecular weight excluding hydrogens is 623 g/mol. The number of piperidine rings is 1. The summed E-state index contributed by atoms with van der Waals surface area (Å²) in [4.78, 5) is 43.0. The maximum Gasteiger partial charge on any atom is 0.490 e. The van der Waals surface area contributed by atoms with Gasteiger partial charge in [0.2, 0.25) is 11.8 Å². The zero-order chi connectivity index (χ0) is 33.5. The molecule has 0 radical (unpaired) electrons. The fraction of sp³-hybridized carbons (Fsp3) is 0.545. The Morgan fingerprint density at radius 2 is 1.63 bits per heavy atom. The first kappa shape index (κ1) is 35.7. The number of fused-ring (bicyclic) bond motifs is 1. The van der Waals surface area contributed by atoms with Gasteiger partial charge in [0.1, 0.15) is 6.04 Å². The van der Waals surface area contributed by atoms with Gasteiger partial charge < -0.3 is 25.5 Å². The van der Waals surface area contributed by atoms with Gasteiger partial charge in [0.25, 0.3) is 0 Å². The van der Waals surface area contributed by atoms with Crippen molar-refractivity contribution in [3.05, 3.63) is 70.2 Å². The van der Waals surface area contributed by atoms with E-state index in [1.54, 1.807) is 0 Å². The van der Waals surface area contributed by atoms with E-state index in [9.17, 15) is 22.8 Å². The van der Waals surface area contributed by atoms with Crippen LogP contribution in [0.5, 0.6) is 0 Å². The van der Waals surface area contributed by atoms with Crippen molar-refractivity contribution in [2.24, 2.45) is 0 Å². The molecule has 2 atom stereocenters. The van der Waals surface area contributed by atoms with E-state index in [2.05, 4.69) is 46.5 Å². The van der Waals surface area contributed by atoms with Gasteiger partial charge in [-0.05, 0) is 68.2 Å². The maximum absolute atomic E-state index is 13.9. The average molecular weight is 666 g/mol. The molecule has 13 heteroatoms. The van der Waals surface area contributed by atoms with E-state index in [1.807, 2.05) is 41.3 Å². The first-order valence-electron chi connectivity index (χ1n) is 15.7. The molecule has 2 amide bonds. The molecule has 2 aromatic carbocycles. The molecule has 3 aliphatic rings. The Labute approximate surface area is 273 Å². The topological polar surface area (TPSA) is 105 Å². The minimum Gasteiger partial charge on any atom is -0.475 e. The highest BCUT2D eigenvalue weighted by Gasteiger charge is 2.40. The van der Waals surface area contributed by atoms with Crippen LogP contribution in [0, 0.1) is 0 Å². The SMILES string of the molecule is CCC1(N2CCN(C(=O)[C@@H](Cc3ccc(Cl)cc3)NC(=O)CC3NCc4ccccc43)CC2)CCN(C)CC1.O=C(O)C(F)(F)F. The molecular formula is C33H43ClF3N5O4. The van der Waals surface area contributed by atoms with Crippen molar-refractivity contribution in [1.82, 2.24) is 25.3 Å². The van der Waals surface area contributed by atoms with Crippen molar-refractivity contribution in [1.29, 1.82) is 0 Å². The second kappa shape index (κ2) is 15.6. The molecule has 3 N–H and O–H groups in total. The van der Waals surface area contributed by atoms with Crippen LogP contribution in [0.25, 0.3) is 0 Å². The lowest BCUT2D eigenvalue weighted by Crippen LogP contribution is -2.62. The smallest absolute Gasteiger partial charge is 0.475 e. The predicted molar refractivity (Wildman–Crippen MR) is 169 cm³/mol. The number of likely N-dealkylation sites (tertiary alicyclic amines) is 1. The molecule has 1 unspecified atom stereocenters.